The molecule has 0 spiro atoms. The van der Waals surface area contributed by atoms with E-state index in [2.05, 4.69) is 46.4 Å². The molecule has 2 heterocycles. The Morgan fingerprint density at radius 3 is 2.32 bits per heavy atom. The first-order chi connectivity index (χ1) is 11.9. The molecule has 6 heteroatoms. The summed E-state index contributed by atoms with van der Waals surface area (Å²) < 4.78 is 1.74. The number of piperazine rings is 1. The Labute approximate surface area is 154 Å². The fourth-order valence-corrected chi connectivity index (χ4v) is 3.39. The van der Waals surface area contributed by atoms with E-state index in [0.717, 1.165) is 31.7 Å². The third-order valence-corrected chi connectivity index (χ3v) is 5.02. The van der Waals surface area contributed by atoms with Gasteiger partial charge in [-0.3, -0.25) is 4.79 Å². The average Bonchev–Trinajstić information content (AvgIpc) is 2.94. The van der Waals surface area contributed by atoms with Crippen molar-refractivity contribution < 1.29 is 4.79 Å². The minimum Gasteiger partial charge on any atom is -0.369 e. The molecule has 1 atom stereocenters. The molecule has 0 saturated carbocycles. The third kappa shape index (κ3) is 4.17. The Bertz CT molecular complexity index is 732. The van der Waals surface area contributed by atoms with Crippen molar-refractivity contribution >= 4 is 23.2 Å². The standard InChI is InChI=1S/C19H25ClN4O/c1-14(21-19(25)18-12-16(20)13-23(18)3)15-4-6-17(7-5-15)24-10-8-22(2)9-11-24/h4-7,12-14H,8-11H2,1-3H3,(H,21,25)/t14-/m1/s1. The Hall–Kier alpha value is -1.98. The fraction of sp³-hybridized carbons (Fsp3) is 0.421. The number of anilines is 1. The zero-order valence-electron chi connectivity index (χ0n) is 15.0. The van der Waals surface area contributed by atoms with E-state index >= 15 is 0 Å². The van der Waals surface area contributed by atoms with Crippen LogP contribution in [0.5, 0.6) is 0 Å². The highest BCUT2D eigenvalue weighted by atomic mass is 35.5. The molecule has 0 radical (unpaired) electrons. The quantitative estimate of drug-likeness (QED) is 0.911. The van der Waals surface area contributed by atoms with Crippen LogP contribution >= 0.6 is 11.6 Å². The maximum absolute atomic E-state index is 12.4. The van der Waals surface area contributed by atoms with Crippen molar-refractivity contribution in [2.45, 2.75) is 13.0 Å². The van der Waals surface area contributed by atoms with Crippen molar-refractivity contribution in [2.24, 2.45) is 7.05 Å². The number of nitrogens with one attached hydrogen (secondary N) is 1. The number of likely N-dealkylation sites (N-methyl/N-ethyl adjacent to an activating group) is 1. The van der Waals surface area contributed by atoms with Crippen LogP contribution in [0.2, 0.25) is 5.02 Å². The summed E-state index contributed by atoms with van der Waals surface area (Å²) in [6.07, 6.45) is 1.73. The lowest BCUT2D eigenvalue weighted by Crippen LogP contribution is -2.44. The molecular formula is C19H25ClN4O. The largest absolute Gasteiger partial charge is 0.369 e. The smallest absolute Gasteiger partial charge is 0.268 e. The van der Waals surface area contributed by atoms with E-state index in [4.69, 9.17) is 11.6 Å². The molecule has 134 valence electrons. The van der Waals surface area contributed by atoms with Crippen LogP contribution in [-0.4, -0.2) is 48.6 Å². The predicted octanol–water partition coefficient (Wildman–Crippen LogP) is 2.92. The lowest BCUT2D eigenvalue weighted by Gasteiger charge is -2.34. The van der Waals surface area contributed by atoms with Crippen LogP contribution in [0.15, 0.2) is 36.5 Å². The third-order valence-electron chi connectivity index (χ3n) is 4.81. The van der Waals surface area contributed by atoms with Gasteiger partial charge < -0.3 is 19.7 Å². The normalized spacial score (nSPS) is 16.7. The molecule has 1 N–H and O–H groups in total. The molecule has 1 aliphatic heterocycles. The van der Waals surface area contributed by atoms with Crippen molar-refractivity contribution in [3.63, 3.8) is 0 Å². The van der Waals surface area contributed by atoms with Gasteiger partial charge in [-0.05, 0) is 37.7 Å². The molecule has 1 aliphatic rings. The fourth-order valence-electron chi connectivity index (χ4n) is 3.14. The van der Waals surface area contributed by atoms with E-state index in [-0.39, 0.29) is 11.9 Å². The lowest BCUT2D eigenvalue weighted by molar-refractivity contribution is 0.0931. The number of carbonyl (C=O) groups excluding carboxylic acids is 1. The molecule has 25 heavy (non-hydrogen) atoms. The van der Waals surface area contributed by atoms with Gasteiger partial charge in [0, 0.05) is 45.1 Å². The van der Waals surface area contributed by atoms with E-state index in [1.54, 1.807) is 16.8 Å². The maximum Gasteiger partial charge on any atom is 0.268 e. The minimum atomic E-state index is -0.120. The molecule has 1 saturated heterocycles. The number of aromatic nitrogens is 1. The Morgan fingerprint density at radius 1 is 1.12 bits per heavy atom. The number of carbonyl (C=O) groups is 1. The highest BCUT2D eigenvalue weighted by Crippen LogP contribution is 2.21. The van der Waals surface area contributed by atoms with Gasteiger partial charge in [0.15, 0.2) is 0 Å². The van der Waals surface area contributed by atoms with Crippen LogP contribution in [-0.2, 0) is 7.05 Å². The van der Waals surface area contributed by atoms with Gasteiger partial charge >= 0.3 is 0 Å². The zero-order chi connectivity index (χ0) is 18.0. The van der Waals surface area contributed by atoms with Gasteiger partial charge in [-0.25, -0.2) is 0 Å². The van der Waals surface area contributed by atoms with Crippen LogP contribution in [0, 0.1) is 0 Å². The van der Waals surface area contributed by atoms with Crippen LogP contribution in [0.25, 0.3) is 0 Å². The Morgan fingerprint density at radius 2 is 1.76 bits per heavy atom. The Kier molecular flexibility index (Phi) is 5.35. The molecule has 1 amide bonds. The van der Waals surface area contributed by atoms with E-state index in [1.165, 1.54) is 5.69 Å². The van der Waals surface area contributed by atoms with E-state index in [9.17, 15) is 4.79 Å². The topological polar surface area (TPSA) is 40.5 Å². The molecule has 0 aliphatic carbocycles. The van der Waals surface area contributed by atoms with Crippen LogP contribution in [0.1, 0.15) is 29.0 Å². The van der Waals surface area contributed by atoms with Crippen LogP contribution < -0.4 is 10.2 Å². The van der Waals surface area contributed by atoms with Crippen LogP contribution in [0.3, 0.4) is 0 Å². The summed E-state index contributed by atoms with van der Waals surface area (Å²) in [7, 11) is 3.97. The second kappa shape index (κ2) is 7.50. The van der Waals surface area contributed by atoms with Gasteiger partial charge in [0.2, 0.25) is 0 Å². The summed E-state index contributed by atoms with van der Waals surface area (Å²) in [6.45, 7) is 6.28. The monoisotopic (exact) mass is 360 g/mol. The predicted molar refractivity (Wildman–Crippen MR) is 102 cm³/mol. The molecule has 3 rings (SSSR count). The van der Waals surface area contributed by atoms with E-state index in [0.29, 0.717) is 10.7 Å². The van der Waals surface area contributed by atoms with Gasteiger partial charge in [-0.15, -0.1) is 0 Å². The average molecular weight is 361 g/mol. The van der Waals surface area contributed by atoms with Gasteiger partial charge in [0.1, 0.15) is 5.69 Å². The number of halogens is 1. The zero-order valence-corrected chi connectivity index (χ0v) is 15.8. The molecule has 1 aromatic heterocycles. The summed E-state index contributed by atoms with van der Waals surface area (Å²) in [5, 5.41) is 3.60. The number of nitrogens with zero attached hydrogens (tertiary/aromatic N) is 3. The molecule has 5 nitrogen and oxygen atoms in total. The van der Waals surface area contributed by atoms with Crippen molar-refractivity contribution in [3.8, 4) is 0 Å². The summed E-state index contributed by atoms with van der Waals surface area (Å²) in [5.41, 5.74) is 2.89. The first kappa shape index (κ1) is 17.8. The summed E-state index contributed by atoms with van der Waals surface area (Å²) in [6, 6.07) is 10.1. The van der Waals surface area contributed by atoms with E-state index < -0.39 is 0 Å². The highest BCUT2D eigenvalue weighted by Gasteiger charge is 2.17. The summed E-state index contributed by atoms with van der Waals surface area (Å²) >= 11 is 5.96. The second-order valence-corrected chi connectivity index (χ2v) is 7.17. The highest BCUT2D eigenvalue weighted by molar-refractivity contribution is 6.31. The first-order valence-corrected chi connectivity index (χ1v) is 8.98. The Balaban J connectivity index is 1.63. The number of hydrogen-bond acceptors (Lipinski definition) is 3. The summed E-state index contributed by atoms with van der Waals surface area (Å²) in [5.74, 6) is -0.120. The number of benzene rings is 1. The van der Waals surface area contributed by atoms with Crippen molar-refractivity contribution in [3.05, 3.63) is 52.8 Å². The lowest BCUT2D eigenvalue weighted by atomic mass is 10.1. The second-order valence-electron chi connectivity index (χ2n) is 6.73. The molecule has 0 unspecified atom stereocenters. The van der Waals surface area contributed by atoms with Gasteiger partial charge in [-0.1, -0.05) is 23.7 Å². The van der Waals surface area contributed by atoms with Gasteiger partial charge in [0.25, 0.3) is 5.91 Å². The van der Waals surface area contributed by atoms with Crippen molar-refractivity contribution in [2.75, 3.05) is 38.1 Å². The van der Waals surface area contributed by atoms with Gasteiger partial charge in [-0.2, -0.15) is 0 Å². The van der Waals surface area contributed by atoms with Crippen molar-refractivity contribution in [1.29, 1.82) is 0 Å². The molecule has 0 bridgehead atoms. The number of hydrogen-bond donors (Lipinski definition) is 1. The molecule has 1 aromatic carbocycles. The number of amides is 1. The van der Waals surface area contributed by atoms with Gasteiger partial charge in [0.05, 0.1) is 11.1 Å². The number of rotatable bonds is 4. The van der Waals surface area contributed by atoms with Crippen LogP contribution in [0.4, 0.5) is 5.69 Å². The minimum absolute atomic E-state index is 0.0669. The van der Waals surface area contributed by atoms with Crippen molar-refractivity contribution in [1.82, 2.24) is 14.8 Å². The van der Waals surface area contributed by atoms with E-state index in [1.807, 2.05) is 14.0 Å². The maximum atomic E-state index is 12.4. The SMILES string of the molecule is C[C@@H](NC(=O)c1cc(Cl)cn1C)c1ccc(N2CCN(C)CC2)cc1. The first-order valence-electron chi connectivity index (χ1n) is 8.60. The molecular weight excluding hydrogens is 336 g/mol. The molecule has 1 fully saturated rings. The summed E-state index contributed by atoms with van der Waals surface area (Å²) in [4.78, 5) is 17.2. The number of aryl methyl sites for hydroxylation is 1. The molecule has 2 aromatic rings.